The quantitative estimate of drug-likeness (QED) is 0.697. The number of carbonyl (C=O) groups is 3. The maximum Gasteiger partial charge on any atom is 0.347 e. The highest BCUT2D eigenvalue weighted by molar-refractivity contribution is 5.89. The van der Waals surface area contributed by atoms with Gasteiger partial charge in [0.2, 0.25) is 5.91 Å². The molecule has 1 fully saturated rings. The Bertz CT molecular complexity index is 342. The molecule has 1 unspecified atom stereocenters. The van der Waals surface area contributed by atoms with Crippen LogP contribution in [0.3, 0.4) is 0 Å². The Morgan fingerprint density at radius 1 is 1.42 bits per heavy atom. The zero-order valence-corrected chi connectivity index (χ0v) is 11.4. The molecule has 0 bridgehead atoms. The SMILES string of the molecule is CCCCC(OC(=O)[C@@H]1CCC(=O)N1)C(=O)OCC. The molecule has 108 valence electrons. The summed E-state index contributed by atoms with van der Waals surface area (Å²) in [5, 5.41) is 2.52. The van der Waals surface area contributed by atoms with Crippen LogP contribution in [0.5, 0.6) is 0 Å². The minimum atomic E-state index is -0.870. The van der Waals surface area contributed by atoms with Crippen molar-refractivity contribution < 1.29 is 23.9 Å². The molecule has 0 spiro atoms. The first-order chi connectivity index (χ1) is 9.08. The van der Waals surface area contributed by atoms with Gasteiger partial charge in [0.05, 0.1) is 6.61 Å². The second-order valence-electron chi connectivity index (χ2n) is 4.48. The van der Waals surface area contributed by atoms with E-state index >= 15 is 0 Å². The number of ether oxygens (including phenoxy) is 2. The molecular weight excluding hydrogens is 250 g/mol. The molecule has 19 heavy (non-hydrogen) atoms. The molecule has 1 heterocycles. The summed E-state index contributed by atoms with van der Waals surface area (Å²) in [6.07, 6.45) is 1.98. The molecule has 0 radical (unpaired) electrons. The van der Waals surface area contributed by atoms with E-state index in [1.807, 2.05) is 6.92 Å². The Morgan fingerprint density at radius 2 is 2.16 bits per heavy atom. The zero-order chi connectivity index (χ0) is 14.3. The average Bonchev–Trinajstić information content (AvgIpc) is 2.81. The van der Waals surface area contributed by atoms with Crippen molar-refractivity contribution >= 4 is 17.8 Å². The number of esters is 2. The summed E-state index contributed by atoms with van der Waals surface area (Å²) >= 11 is 0. The summed E-state index contributed by atoms with van der Waals surface area (Å²) in [6.45, 7) is 3.94. The number of nitrogens with one attached hydrogen (secondary N) is 1. The first-order valence-electron chi connectivity index (χ1n) is 6.75. The summed E-state index contributed by atoms with van der Waals surface area (Å²) in [7, 11) is 0. The highest BCUT2D eigenvalue weighted by Gasteiger charge is 2.32. The van der Waals surface area contributed by atoms with Crippen molar-refractivity contribution in [3.8, 4) is 0 Å². The Balaban J connectivity index is 2.52. The molecule has 2 atom stereocenters. The van der Waals surface area contributed by atoms with Gasteiger partial charge in [-0.15, -0.1) is 0 Å². The molecule has 1 aliphatic heterocycles. The summed E-state index contributed by atoms with van der Waals surface area (Å²) in [5.74, 6) is -1.24. The van der Waals surface area contributed by atoms with E-state index in [-0.39, 0.29) is 12.5 Å². The van der Waals surface area contributed by atoms with Gasteiger partial charge in [-0.2, -0.15) is 0 Å². The number of hydrogen-bond donors (Lipinski definition) is 1. The molecule has 6 nitrogen and oxygen atoms in total. The van der Waals surface area contributed by atoms with Crippen LogP contribution in [0.25, 0.3) is 0 Å². The van der Waals surface area contributed by atoms with Crippen LogP contribution in [-0.2, 0) is 23.9 Å². The lowest BCUT2D eigenvalue weighted by molar-refractivity contribution is -0.169. The Hall–Kier alpha value is -1.59. The minimum absolute atomic E-state index is 0.164. The van der Waals surface area contributed by atoms with E-state index in [1.165, 1.54) is 0 Å². The Kier molecular flexibility index (Phi) is 6.32. The van der Waals surface area contributed by atoms with Crippen LogP contribution in [0, 0.1) is 0 Å². The smallest absolute Gasteiger partial charge is 0.347 e. The van der Waals surface area contributed by atoms with E-state index in [1.54, 1.807) is 6.92 Å². The van der Waals surface area contributed by atoms with Gasteiger partial charge in [0.1, 0.15) is 6.04 Å². The third-order valence-electron chi connectivity index (χ3n) is 2.91. The van der Waals surface area contributed by atoms with Crippen molar-refractivity contribution in [2.24, 2.45) is 0 Å². The maximum atomic E-state index is 11.8. The van der Waals surface area contributed by atoms with Crippen LogP contribution < -0.4 is 5.32 Å². The molecule has 0 aromatic carbocycles. The summed E-state index contributed by atoms with van der Waals surface area (Å²) in [4.78, 5) is 34.5. The van der Waals surface area contributed by atoms with Crippen molar-refractivity contribution in [2.75, 3.05) is 6.61 Å². The number of amides is 1. The van der Waals surface area contributed by atoms with E-state index < -0.39 is 24.1 Å². The van der Waals surface area contributed by atoms with Crippen LogP contribution in [-0.4, -0.2) is 36.6 Å². The maximum absolute atomic E-state index is 11.8. The molecule has 1 amide bonds. The lowest BCUT2D eigenvalue weighted by Crippen LogP contribution is -2.39. The zero-order valence-electron chi connectivity index (χ0n) is 11.4. The van der Waals surface area contributed by atoms with Crippen molar-refractivity contribution in [3.05, 3.63) is 0 Å². The van der Waals surface area contributed by atoms with E-state index in [0.29, 0.717) is 19.3 Å². The van der Waals surface area contributed by atoms with E-state index in [2.05, 4.69) is 5.32 Å². The second-order valence-corrected chi connectivity index (χ2v) is 4.48. The molecule has 6 heteroatoms. The highest BCUT2D eigenvalue weighted by atomic mass is 16.6. The topological polar surface area (TPSA) is 81.7 Å². The fraction of sp³-hybridized carbons (Fsp3) is 0.769. The van der Waals surface area contributed by atoms with Crippen LogP contribution in [0.4, 0.5) is 0 Å². The van der Waals surface area contributed by atoms with Gasteiger partial charge in [0.15, 0.2) is 6.10 Å². The van der Waals surface area contributed by atoms with Gasteiger partial charge >= 0.3 is 11.9 Å². The van der Waals surface area contributed by atoms with Gasteiger partial charge in [-0.25, -0.2) is 9.59 Å². The summed E-state index contributed by atoms with van der Waals surface area (Å²) < 4.78 is 10.1. The van der Waals surface area contributed by atoms with Crippen LogP contribution in [0.15, 0.2) is 0 Å². The molecule has 1 saturated heterocycles. The largest absolute Gasteiger partial charge is 0.463 e. The minimum Gasteiger partial charge on any atom is -0.463 e. The third kappa shape index (κ3) is 4.89. The molecular formula is C13H21NO5. The lowest BCUT2D eigenvalue weighted by Gasteiger charge is -2.18. The average molecular weight is 271 g/mol. The number of carbonyl (C=O) groups excluding carboxylic acids is 3. The fourth-order valence-electron chi connectivity index (χ4n) is 1.86. The second kappa shape index (κ2) is 7.76. The first kappa shape index (κ1) is 15.5. The van der Waals surface area contributed by atoms with E-state index in [9.17, 15) is 14.4 Å². The normalized spacial score (nSPS) is 19.7. The fourth-order valence-corrected chi connectivity index (χ4v) is 1.86. The van der Waals surface area contributed by atoms with Gasteiger partial charge in [0.25, 0.3) is 0 Å². The Labute approximate surface area is 112 Å². The van der Waals surface area contributed by atoms with Crippen molar-refractivity contribution in [1.29, 1.82) is 0 Å². The molecule has 0 aliphatic carbocycles. The first-order valence-corrected chi connectivity index (χ1v) is 6.75. The predicted molar refractivity (Wildman–Crippen MR) is 67.2 cm³/mol. The number of unbranched alkanes of at least 4 members (excludes halogenated alkanes) is 1. The molecule has 1 aliphatic rings. The standard InChI is InChI=1S/C13H21NO5/c1-3-5-6-10(13(17)18-4-2)19-12(16)9-7-8-11(15)14-9/h9-10H,3-8H2,1-2H3,(H,14,15)/t9-,10?/m0/s1. The number of rotatable bonds is 7. The monoisotopic (exact) mass is 271 g/mol. The van der Waals surface area contributed by atoms with Gasteiger partial charge in [0, 0.05) is 6.42 Å². The summed E-state index contributed by atoms with van der Waals surface area (Å²) in [5.41, 5.74) is 0. The van der Waals surface area contributed by atoms with Crippen LogP contribution >= 0.6 is 0 Å². The molecule has 1 N–H and O–H groups in total. The van der Waals surface area contributed by atoms with E-state index in [0.717, 1.165) is 12.8 Å². The van der Waals surface area contributed by atoms with Gasteiger partial charge in [-0.05, 0) is 26.2 Å². The number of hydrogen-bond acceptors (Lipinski definition) is 5. The molecule has 0 aromatic heterocycles. The van der Waals surface area contributed by atoms with Gasteiger partial charge in [-0.1, -0.05) is 13.3 Å². The van der Waals surface area contributed by atoms with Crippen LogP contribution in [0.2, 0.25) is 0 Å². The molecule has 0 saturated carbocycles. The molecule has 1 rings (SSSR count). The van der Waals surface area contributed by atoms with Crippen molar-refractivity contribution in [2.45, 2.75) is 58.1 Å². The molecule has 0 aromatic rings. The van der Waals surface area contributed by atoms with Crippen LogP contribution in [0.1, 0.15) is 46.0 Å². The van der Waals surface area contributed by atoms with Crippen molar-refractivity contribution in [1.82, 2.24) is 5.32 Å². The van der Waals surface area contributed by atoms with Gasteiger partial charge < -0.3 is 14.8 Å². The third-order valence-corrected chi connectivity index (χ3v) is 2.91. The Morgan fingerprint density at radius 3 is 2.68 bits per heavy atom. The lowest BCUT2D eigenvalue weighted by atomic mass is 10.1. The summed E-state index contributed by atoms with van der Waals surface area (Å²) in [6, 6.07) is -0.633. The predicted octanol–water partition coefficient (Wildman–Crippen LogP) is 0.930. The van der Waals surface area contributed by atoms with Gasteiger partial charge in [-0.3, -0.25) is 4.79 Å². The highest BCUT2D eigenvalue weighted by Crippen LogP contribution is 2.13. The van der Waals surface area contributed by atoms with Crippen molar-refractivity contribution in [3.63, 3.8) is 0 Å². The van der Waals surface area contributed by atoms with E-state index in [4.69, 9.17) is 9.47 Å².